The summed E-state index contributed by atoms with van der Waals surface area (Å²) in [6.07, 6.45) is -3.22. The molecule has 2 N–H and O–H groups in total. The molecular weight excluding hydrogens is 288 g/mol. The molecule has 0 aliphatic carbocycles. The first-order valence-corrected chi connectivity index (χ1v) is 6.43. The number of anilines is 1. The Hall–Kier alpha value is -2.12. The van der Waals surface area contributed by atoms with E-state index in [0.29, 0.717) is 24.9 Å². The quantitative estimate of drug-likeness (QED) is 0.824. The summed E-state index contributed by atoms with van der Waals surface area (Å²) < 4.78 is 53.4. The molecule has 1 aromatic carbocycles. The van der Waals surface area contributed by atoms with Crippen molar-refractivity contribution in [1.29, 1.82) is 0 Å². The van der Waals surface area contributed by atoms with Gasteiger partial charge in [0, 0.05) is 12.5 Å². The molecule has 1 aliphatic rings. The van der Waals surface area contributed by atoms with Crippen molar-refractivity contribution in [1.82, 2.24) is 14.8 Å². The number of nitrogen functional groups attached to an aromatic ring is 1. The second-order valence-corrected chi connectivity index (χ2v) is 4.98. The van der Waals surface area contributed by atoms with Gasteiger partial charge in [0.25, 0.3) is 0 Å². The summed E-state index contributed by atoms with van der Waals surface area (Å²) in [7, 11) is 0. The molecule has 2 heterocycles. The maximum atomic E-state index is 14.1. The van der Waals surface area contributed by atoms with E-state index in [1.54, 1.807) is 4.68 Å². The molecule has 3 rings (SSSR count). The minimum Gasteiger partial charge on any atom is -0.366 e. The van der Waals surface area contributed by atoms with E-state index in [-0.39, 0.29) is 11.5 Å². The Morgan fingerprint density at radius 1 is 1.29 bits per heavy atom. The predicted octanol–water partition coefficient (Wildman–Crippen LogP) is 2.94. The molecular formula is C13H12F4N4. The van der Waals surface area contributed by atoms with Crippen LogP contribution >= 0.6 is 0 Å². The number of alkyl halides is 3. The number of hydrogen-bond donors (Lipinski definition) is 1. The number of hydrogen-bond acceptors (Lipinski definition) is 3. The van der Waals surface area contributed by atoms with E-state index in [2.05, 4.69) is 10.1 Å². The molecule has 0 saturated carbocycles. The van der Waals surface area contributed by atoms with Gasteiger partial charge in [-0.25, -0.2) is 9.07 Å². The van der Waals surface area contributed by atoms with Gasteiger partial charge in [-0.05, 0) is 30.5 Å². The molecule has 0 bridgehead atoms. The molecule has 4 nitrogen and oxygen atoms in total. The first-order chi connectivity index (χ1) is 9.86. The molecule has 1 aromatic heterocycles. The van der Waals surface area contributed by atoms with Gasteiger partial charge in [0.1, 0.15) is 11.6 Å². The lowest BCUT2D eigenvalue weighted by Crippen LogP contribution is -2.19. The average molecular weight is 300 g/mol. The maximum Gasteiger partial charge on any atom is 0.416 e. The Labute approximate surface area is 117 Å². The highest BCUT2D eigenvalue weighted by molar-refractivity contribution is 5.33. The summed E-state index contributed by atoms with van der Waals surface area (Å²) in [5, 5.41) is 3.99. The van der Waals surface area contributed by atoms with Crippen LogP contribution in [0, 0.1) is 5.82 Å². The standard InChI is InChI=1S/C13H12F4N4/c14-10-6-7(13(15,16)17)3-4-8(10)9-2-1-5-21-11(9)19-12(18)20-21/h3-4,6,9H,1-2,5H2,(H2,18,20). The van der Waals surface area contributed by atoms with Gasteiger partial charge in [0.2, 0.25) is 5.95 Å². The van der Waals surface area contributed by atoms with Crippen molar-refractivity contribution in [3.05, 3.63) is 41.0 Å². The molecule has 0 radical (unpaired) electrons. The smallest absolute Gasteiger partial charge is 0.366 e. The van der Waals surface area contributed by atoms with Crippen LogP contribution in [0.25, 0.3) is 0 Å². The third kappa shape index (κ3) is 2.45. The Kier molecular flexibility index (Phi) is 3.11. The number of nitrogens with zero attached hydrogens (tertiary/aromatic N) is 3. The lowest BCUT2D eigenvalue weighted by atomic mass is 9.90. The van der Waals surface area contributed by atoms with E-state index in [1.807, 2.05) is 0 Å². The largest absolute Gasteiger partial charge is 0.416 e. The number of fused-ring (bicyclic) bond motifs is 1. The van der Waals surface area contributed by atoms with Crippen LogP contribution in [-0.4, -0.2) is 14.8 Å². The normalized spacial score (nSPS) is 18.6. The number of benzene rings is 1. The van der Waals surface area contributed by atoms with Crippen molar-refractivity contribution in [2.24, 2.45) is 0 Å². The van der Waals surface area contributed by atoms with Gasteiger partial charge in [0.05, 0.1) is 5.56 Å². The van der Waals surface area contributed by atoms with Gasteiger partial charge in [-0.15, -0.1) is 5.10 Å². The number of aryl methyl sites for hydroxylation is 1. The van der Waals surface area contributed by atoms with E-state index in [0.717, 1.165) is 12.5 Å². The molecule has 112 valence electrons. The Bertz CT molecular complexity index is 677. The first-order valence-electron chi connectivity index (χ1n) is 6.43. The minimum atomic E-state index is -4.56. The lowest BCUT2D eigenvalue weighted by molar-refractivity contribution is -0.137. The fraction of sp³-hybridized carbons (Fsp3) is 0.385. The van der Waals surface area contributed by atoms with Crippen molar-refractivity contribution in [2.75, 3.05) is 5.73 Å². The molecule has 2 aromatic rings. The summed E-state index contributed by atoms with van der Waals surface area (Å²) >= 11 is 0. The molecule has 1 atom stereocenters. The van der Waals surface area contributed by atoms with E-state index in [4.69, 9.17) is 5.73 Å². The highest BCUT2D eigenvalue weighted by atomic mass is 19.4. The van der Waals surface area contributed by atoms with Crippen LogP contribution in [0.5, 0.6) is 0 Å². The summed E-state index contributed by atoms with van der Waals surface area (Å²) in [5.74, 6) is -0.725. The van der Waals surface area contributed by atoms with Crippen LogP contribution in [0.1, 0.15) is 35.7 Å². The summed E-state index contributed by atoms with van der Waals surface area (Å²) in [6.45, 7) is 0.623. The fourth-order valence-electron chi connectivity index (χ4n) is 2.65. The Morgan fingerprint density at radius 2 is 2.05 bits per heavy atom. The molecule has 1 aliphatic heterocycles. The molecule has 1 unspecified atom stereocenters. The van der Waals surface area contributed by atoms with Crippen LogP contribution in [0.3, 0.4) is 0 Å². The van der Waals surface area contributed by atoms with Gasteiger partial charge in [0.15, 0.2) is 0 Å². The number of aromatic nitrogens is 3. The fourth-order valence-corrected chi connectivity index (χ4v) is 2.65. The van der Waals surface area contributed by atoms with E-state index >= 15 is 0 Å². The van der Waals surface area contributed by atoms with Crippen molar-refractivity contribution in [3.63, 3.8) is 0 Å². The second kappa shape index (κ2) is 4.71. The third-order valence-electron chi connectivity index (χ3n) is 3.59. The summed E-state index contributed by atoms with van der Waals surface area (Å²) in [4.78, 5) is 4.06. The highest BCUT2D eigenvalue weighted by Crippen LogP contribution is 2.36. The third-order valence-corrected chi connectivity index (χ3v) is 3.59. The van der Waals surface area contributed by atoms with Gasteiger partial charge < -0.3 is 5.73 Å². The SMILES string of the molecule is Nc1nc2n(n1)CCCC2c1ccc(C(F)(F)F)cc1F. The Morgan fingerprint density at radius 3 is 2.71 bits per heavy atom. The van der Waals surface area contributed by atoms with Crippen LogP contribution < -0.4 is 5.73 Å². The zero-order valence-electron chi connectivity index (χ0n) is 10.9. The number of halogens is 4. The van der Waals surface area contributed by atoms with Crippen molar-refractivity contribution in [3.8, 4) is 0 Å². The van der Waals surface area contributed by atoms with E-state index in [9.17, 15) is 17.6 Å². The van der Waals surface area contributed by atoms with Crippen LogP contribution in [-0.2, 0) is 12.7 Å². The zero-order valence-corrected chi connectivity index (χ0v) is 10.9. The lowest BCUT2D eigenvalue weighted by Gasteiger charge is -2.23. The van der Waals surface area contributed by atoms with Crippen molar-refractivity contribution < 1.29 is 17.6 Å². The molecule has 8 heteroatoms. The number of rotatable bonds is 1. The van der Waals surface area contributed by atoms with Gasteiger partial charge in [-0.2, -0.15) is 18.2 Å². The van der Waals surface area contributed by atoms with Gasteiger partial charge in [-0.1, -0.05) is 6.07 Å². The molecule has 0 fully saturated rings. The van der Waals surface area contributed by atoms with Gasteiger partial charge >= 0.3 is 6.18 Å². The number of nitrogens with two attached hydrogens (primary N) is 1. The summed E-state index contributed by atoms with van der Waals surface area (Å²) in [6, 6.07) is 2.58. The van der Waals surface area contributed by atoms with E-state index in [1.165, 1.54) is 6.07 Å². The molecule has 0 saturated heterocycles. The van der Waals surface area contributed by atoms with Crippen molar-refractivity contribution >= 4 is 5.95 Å². The second-order valence-electron chi connectivity index (χ2n) is 4.98. The zero-order chi connectivity index (χ0) is 15.2. The first kappa shape index (κ1) is 13.8. The maximum absolute atomic E-state index is 14.1. The van der Waals surface area contributed by atoms with E-state index < -0.39 is 23.5 Å². The molecule has 0 amide bonds. The minimum absolute atomic E-state index is 0.0872. The molecule has 0 spiro atoms. The van der Waals surface area contributed by atoms with Crippen molar-refractivity contribution in [2.45, 2.75) is 31.5 Å². The van der Waals surface area contributed by atoms with Crippen LogP contribution in [0.4, 0.5) is 23.5 Å². The Balaban J connectivity index is 2.02. The summed E-state index contributed by atoms with van der Waals surface area (Å²) in [5.41, 5.74) is 4.72. The van der Waals surface area contributed by atoms with Crippen LogP contribution in [0.2, 0.25) is 0 Å². The average Bonchev–Trinajstić information content (AvgIpc) is 2.77. The topological polar surface area (TPSA) is 56.7 Å². The van der Waals surface area contributed by atoms with Gasteiger partial charge in [-0.3, -0.25) is 0 Å². The van der Waals surface area contributed by atoms with Crippen LogP contribution in [0.15, 0.2) is 18.2 Å². The predicted molar refractivity (Wildman–Crippen MR) is 66.9 cm³/mol. The molecule has 21 heavy (non-hydrogen) atoms. The monoisotopic (exact) mass is 300 g/mol. The highest BCUT2D eigenvalue weighted by Gasteiger charge is 2.33.